The third-order valence-corrected chi connectivity index (χ3v) is 1.75. The molecule has 0 saturated carbocycles. The summed E-state index contributed by atoms with van der Waals surface area (Å²) in [6, 6.07) is 0. The number of aryl methyl sites for hydroxylation is 1. The lowest BCUT2D eigenvalue weighted by Gasteiger charge is -2.04. The van der Waals surface area contributed by atoms with Crippen molar-refractivity contribution in [2.45, 2.75) is 20.3 Å². The second-order valence-corrected chi connectivity index (χ2v) is 3.41. The van der Waals surface area contributed by atoms with Crippen molar-refractivity contribution in [3.8, 4) is 0 Å². The summed E-state index contributed by atoms with van der Waals surface area (Å²) in [7, 11) is 1.71. The molecule has 0 radical (unpaired) electrons. The molecule has 0 atom stereocenters. The number of nitrogens with zero attached hydrogens (tertiary/aromatic N) is 3. The van der Waals surface area contributed by atoms with E-state index in [9.17, 15) is 4.79 Å². The van der Waals surface area contributed by atoms with Gasteiger partial charge >= 0.3 is 5.97 Å². The molecule has 1 aromatic heterocycles. The summed E-state index contributed by atoms with van der Waals surface area (Å²) in [5.41, 5.74) is 0.749. The predicted molar refractivity (Wildman–Crippen MR) is 46.5 cm³/mol. The van der Waals surface area contributed by atoms with Crippen LogP contribution in [0.15, 0.2) is 0 Å². The Kier molecular flexibility index (Phi) is 2.65. The molecule has 0 unspecified atom stereocenters. The monoisotopic (exact) mass is 183 g/mol. The molecule has 1 aromatic rings. The van der Waals surface area contributed by atoms with E-state index in [-0.39, 0.29) is 5.69 Å². The minimum absolute atomic E-state index is 0.0659. The van der Waals surface area contributed by atoms with Crippen LogP contribution in [0.1, 0.15) is 30.0 Å². The minimum Gasteiger partial charge on any atom is -0.476 e. The molecule has 13 heavy (non-hydrogen) atoms. The Morgan fingerprint density at radius 2 is 2.23 bits per heavy atom. The SMILES string of the molecule is CC(C)Cc1c(C(=O)O)nnn1C. The number of aromatic nitrogens is 3. The van der Waals surface area contributed by atoms with Crippen molar-refractivity contribution in [1.82, 2.24) is 15.0 Å². The predicted octanol–water partition coefficient (Wildman–Crippen LogP) is 0.712. The van der Waals surface area contributed by atoms with Gasteiger partial charge in [-0.2, -0.15) is 0 Å². The summed E-state index contributed by atoms with van der Waals surface area (Å²) in [6.45, 7) is 4.05. The summed E-state index contributed by atoms with van der Waals surface area (Å²) in [5, 5.41) is 16.0. The number of carbonyl (C=O) groups is 1. The summed E-state index contributed by atoms with van der Waals surface area (Å²) in [6.07, 6.45) is 0.686. The van der Waals surface area contributed by atoms with E-state index >= 15 is 0 Å². The van der Waals surface area contributed by atoms with E-state index in [1.165, 1.54) is 4.68 Å². The molecular weight excluding hydrogens is 170 g/mol. The molecule has 0 spiro atoms. The van der Waals surface area contributed by atoms with Crippen molar-refractivity contribution in [3.63, 3.8) is 0 Å². The van der Waals surface area contributed by atoms with Gasteiger partial charge in [0.25, 0.3) is 0 Å². The molecule has 0 fully saturated rings. The van der Waals surface area contributed by atoms with Gasteiger partial charge in [0.2, 0.25) is 0 Å². The van der Waals surface area contributed by atoms with Gasteiger partial charge in [-0.1, -0.05) is 19.1 Å². The lowest BCUT2D eigenvalue weighted by Crippen LogP contribution is -2.08. The molecule has 0 aliphatic rings. The zero-order valence-electron chi connectivity index (χ0n) is 7.98. The van der Waals surface area contributed by atoms with E-state index in [1.807, 2.05) is 13.8 Å². The molecule has 1 heterocycles. The molecule has 5 heteroatoms. The number of rotatable bonds is 3. The molecule has 0 aliphatic heterocycles. The van der Waals surface area contributed by atoms with E-state index in [0.717, 1.165) is 0 Å². The lowest BCUT2D eigenvalue weighted by molar-refractivity contribution is 0.0689. The average molecular weight is 183 g/mol. The number of aromatic carboxylic acids is 1. The molecule has 0 bridgehead atoms. The van der Waals surface area contributed by atoms with Crippen molar-refractivity contribution < 1.29 is 9.90 Å². The summed E-state index contributed by atoms with van der Waals surface area (Å²) in [5.74, 6) is -0.612. The highest BCUT2D eigenvalue weighted by Gasteiger charge is 2.17. The van der Waals surface area contributed by atoms with E-state index in [2.05, 4.69) is 10.3 Å². The van der Waals surface area contributed by atoms with Crippen molar-refractivity contribution in [1.29, 1.82) is 0 Å². The van der Waals surface area contributed by atoms with Gasteiger partial charge in [-0.05, 0) is 12.3 Å². The first-order chi connectivity index (χ1) is 6.02. The van der Waals surface area contributed by atoms with Crippen LogP contribution in [0.5, 0.6) is 0 Å². The molecule has 0 aliphatic carbocycles. The van der Waals surface area contributed by atoms with Crippen LogP contribution >= 0.6 is 0 Å². The highest BCUT2D eigenvalue weighted by molar-refractivity contribution is 5.86. The van der Waals surface area contributed by atoms with Crippen molar-refractivity contribution in [2.75, 3.05) is 0 Å². The van der Waals surface area contributed by atoms with Crippen LogP contribution in [0, 0.1) is 5.92 Å². The van der Waals surface area contributed by atoms with Gasteiger partial charge in [-0.15, -0.1) is 5.10 Å². The Morgan fingerprint density at radius 3 is 2.69 bits per heavy atom. The lowest BCUT2D eigenvalue weighted by atomic mass is 10.1. The van der Waals surface area contributed by atoms with E-state index in [0.29, 0.717) is 18.0 Å². The largest absolute Gasteiger partial charge is 0.476 e. The molecule has 1 N–H and O–H groups in total. The normalized spacial score (nSPS) is 10.8. The fraction of sp³-hybridized carbons (Fsp3) is 0.625. The Morgan fingerprint density at radius 1 is 1.62 bits per heavy atom. The van der Waals surface area contributed by atoms with Gasteiger partial charge < -0.3 is 5.11 Å². The van der Waals surface area contributed by atoms with Crippen LogP contribution in [0.4, 0.5) is 0 Å². The van der Waals surface area contributed by atoms with E-state index in [1.54, 1.807) is 7.05 Å². The first-order valence-electron chi connectivity index (χ1n) is 4.14. The maximum atomic E-state index is 10.7. The van der Waals surface area contributed by atoms with Crippen molar-refractivity contribution >= 4 is 5.97 Å². The van der Waals surface area contributed by atoms with Crippen LogP contribution in [0.2, 0.25) is 0 Å². The van der Waals surface area contributed by atoms with Gasteiger partial charge in [0.05, 0.1) is 5.69 Å². The van der Waals surface area contributed by atoms with Gasteiger partial charge in [0.1, 0.15) is 0 Å². The fourth-order valence-corrected chi connectivity index (χ4v) is 1.16. The summed E-state index contributed by atoms with van der Waals surface area (Å²) >= 11 is 0. The Bertz CT molecular complexity index is 317. The third kappa shape index (κ3) is 2.05. The number of hydrogen-bond acceptors (Lipinski definition) is 3. The zero-order valence-corrected chi connectivity index (χ0v) is 7.98. The maximum absolute atomic E-state index is 10.7. The van der Waals surface area contributed by atoms with E-state index < -0.39 is 5.97 Å². The van der Waals surface area contributed by atoms with Crippen LogP contribution < -0.4 is 0 Å². The standard InChI is InChI=1S/C8H13N3O2/c1-5(2)4-6-7(8(12)13)9-10-11(6)3/h5H,4H2,1-3H3,(H,12,13). The third-order valence-electron chi connectivity index (χ3n) is 1.75. The zero-order chi connectivity index (χ0) is 10.0. The molecule has 72 valence electrons. The quantitative estimate of drug-likeness (QED) is 0.749. The second kappa shape index (κ2) is 3.55. The molecule has 5 nitrogen and oxygen atoms in total. The van der Waals surface area contributed by atoms with E-state index in [4.69, 9.17) is 5.11 Å². The van der Waals surface area contributed by atoms with Gasteiger partial charge in [0, 0.05) is 7.05 Å². The molecule has 1 rings (SSSR count). The smallest absolute Gasteiger partial charge is 0.358 e. The van der Waals surface area contributed by atoms with Gasteiger partial charge in [0.15, 0.2) is 5.69 Å². The summed E-state index contributed by atoms with van der Waals surface area (Å²) in [4.78, 5) is 10.7. The van der Waals surface area contributed by atoms with Crippen molar-refractivity contribution in [3.05, 3.63) is 11.4 Å². The Hall–Kier alpha value is -1.39. The topological polar surface area (TPSA) is 68.0 Å². The highest BCUT2D eigenvalue weighted by atomic mass is 16.4. The van der Waals surface area contributed by atoms with Crippen LogP contribution in [-0.4, -0.2) is 26.1 Å². The maximum Gasteiger partial charge on any atom is 0.358 e. The van der Waals surface area contributed by atoms with Crippen molar-refractivity contribution in [2.24, 2.45) is 13.0 Å². The molecule has 0 amide bonds. The second-order valence-electron chi connectivity index (χ2n) is 3.41. The average Bonchev–Trinajstić information content (AvgIpc) is 2.32. The first-order valence-corrected chi connectivity index (χ1v) is 4.14. The van der Waals surface area contributed by atoms with Crippen LogP contribution in [0.25, 0.3) is 0 Å². The number of hydrogen-bond donors (Lipinski definition) is 1. The minimum atomic E-state index is -1.01. The molecule has 0 aromatic carbocycles. The molecular formula is C8H13N3O2. The number of carboxylic acids is 1. The highest BCUT2D eigenvalue weighted by Crippen LogP contribution is 2.10. The first kappa shape index (κ1) is 9.70. The Balaban J connectivity index is 3.01. The molecule has 0 saturated heterocycles. The van der Waals surface area contributed by atoms with Gasteiger partial charge in [-0.3, -0.25) is 4.68 Å². The summed E-state index contributed by atoms with van der Waals surface area (Å²) < 4.78 is 1.52. The van der Waals surface area contributed by atoms with Crippen LogP contribution in [0.3, 0.4) is 0 Å². The van der Waals surface area contributed by atoms with Gasteiger partial charge in [-0.25, -0.2) is 4.79 Å². The number of carboxylic acid groups (broad SMARTS) is 1. The van der Waals surface area contributed by atoms with Crippen LogP contribution in [-0.2, 0) is 13.5 Å². The fourth-order valence-electron chi connectivity index (χ4n) is 1.16. The Labute approximate surface area is 76.4 Å².